The zero-order valence-electron chi connectivity index (χ0n) is 12.6. The smallest absolute Gasteiger partial charge is 0.542 e. The highest BCUT2D eigenvalue weighted by Crippen LogP contribution is 2.59. The molecule has 0 radical (unpaired) electrons. The van der Waals surface area contributed by atoms with Gasteiger partial charge in [0.25, 0.3) is 0 Å². The van der Waals surface area contributed by atoms with E-state index in [0.29, 0.717) is 23.0 Å². The molecule has 0 N–H and O–H groups in total. The number of para-hydroxylation sites is 4. The van der Waals surface area contributed by atoms with Gasteiger partial charge in [0.2, 0.25) is 8.32 Å². The van der Waals surface area contributed by atoms with Gasteiger partial charge in [0.15, 0.2) is 17.2 Å². The normalized spacial score (nSPS) is 15.4. The predicted octanol–water partition coefficient (Wildman–Crippen LogP) is 4.86. The third kappa shape index (κ3) is 3.29. The van der Waals surface area contributed by atoms with Crippen molar-refractivity contribution in [1.82, 2.24) is 0 Å². The number of hydrogen-bond acceptors (Lipinski definition) is 5. The maximum atomic E-state index is 12.6. The average Bonchev–Trinajstić information content (AvgIpc) is 2.75. The summed E-state index contributed by atoms with van der Waals surface area (Å²) in [5.41, 5.74) is 0. The van der Waals surface area contributed by atoms with Crippen LogP contribution in [0.4, 0.5) is 0 Å². The van der Waals surface area contributed by atoms with Crippen LogP contribution in [-0.4, -0.2) is 8.32 Å². The zero-order valence-corrected chi connectivity index (χ0v) is 14.5. The molecule has 2 aromatic carbocycles. The lowest BCUT2D eigenvalue weighted by molar-refractivity contribution is 0.326. The van der Waals surface area contributed by atoms with E-state index in [1.165, 1.54) is 0 Å². The fourth-order valence-corrected chi connectivity index (χ4v) is 4.07. The summed E-state index contributed by atoms with van der Waals surface area (Å²) in [6, 6.07) is 14.0. The first-order valence-electron chi connectivity index (χ1n) is 6.91. The van der Waals surface area contributed by atoms with Crippen molar-refractivity contribution < 1.29 is 22.6 Å². The van der Waals surface area contributed by atoms with E-state index in [4.69, 9.17) is 18.0 Å². The lowest BCUT2D eigenvalue weighted by atomic mass is 10.3. The lowest BCUT2D eigenvalue weighted by Crippen LogP contribution is -2.29. The molecule has 0 saturated heterocycles. The fraction of sp³-hybridized carbons (Fsp3) is 0.200. The Hall–Kier alpha value is -1.91. The minimum Gasteiger partial charge on any atom is -0.542 e. The molecule has 1 heterocycles. The molecule has 2 aromatic rings. The molecule has 116 valence electrons. The van der Waals surface area contributed by atoms with E-state index >= 15 is 0 Å². The Labute approximate surface area is 130 Å². The van der Waals surface area contributed by atoms with E-state index in [1.807, 2.05) is 6.07 Å². The van der Waals surface area contributed by atoms with Crippen LogP contribution < -0.4 is 18.0 Å². The van der Waals surface area contributed by atoms with Crippen molar-refractivity contribution in [1.29, 1.82) is 0 Å². The van der Waals surface area contributed by atoms with E-state index in [-0.39, 0.29) is 0 Å². The molecule has 0 fully saturated rings. The van der Waals surface area contributed by atoms with Crippen LogP contribution in [0.3, 0.4) is 0 Å². The number of phosphoric ester groups is 1. The lowest BCUT2D eigenvalue weighted by Gasteiger charge is -2.21. The summed E-state index contributed by atoms with van der Waals surface area (Å²) >= 11 is 0. The Kier molecular flexibility index (Phi) is 3.66. The van der Waals surface area contributed by atoms with Gasteiger partial charge >= 0.3 is 7.82 Å². The quantitative estimate of drug-likeness (QED) is 0.589. The second-order valence-corrected chi connectivity index (χ2v) is 11.7. The van der Waals surface area contributed by atoms with E-state index in [0.717, 1.165) is 0 Å². The van der Waals surface area contributed by atoms with Crippen molar-refractivity contribution in [3.8, 4) is 23.0 Å². The molecule has 0 amide bonds. The van der Waals surface area contributed by atoms with Gasteiger partial charge in [-0.25, -0.2) is 0 Å². The number of benzene rings is 2. The highest BCUT2D eigenvalue weighted by atomic mass is 31.2. The summed E-state index contributed by atoms with van der Waals surface area (Å²) in [6.07, 6.45) is 0. The van der Waals surface area contributed by atoms with Crippen molar-refractivity contribution in [2.45, 2.75) is 19.6 Å². The molecule has 0 bridgehead atoms. The number of hydrogen-bond donors (Lipinski definition) is 0. The van der Waals surface area contributed by atoms with Crippen molar-refractivity contribution in [2.24, 2.45) is 0 Å². The number of fused-ring (bicyclic) bond motifs is 1. The van der Waals surface area contributed by atoms with Gasteiger partial charge in [-0.3, -0.25) is 0 Å². The first-order valence-corrected chi connectivity index (χ1v) is 11.8. The van der Waals surface area contributed by atoms with Gasteiger partial charge in [0, 0.05) is 0 Å². The van der Waals surface area contributed by atoms with Gasteiger partial charge < -0.3 is 18.0 Å². The third-order valence-electron chi connectivity index (χ3n) is 2.74. The van der Waals surface area contributed by atoms with Crippen LogP contribution in [0.15, 0.2) is 48.5 Å². The summed E-state index contributed by atoms with van der Waals surface area (Å²) in [4.78, 5) is 0. The summed E-state index contributed by atoms with van der Waals surface area (Å²) in [5.74, 6) is 1.71. The van der Waals surface area contributed by atoms with Gasteiger partial charge in [0.05, 0.1) is 0 Å². The highest BCUT2D eigenvalue weighted by Gasteiger charge is 2.41. The molecule has 0 aromatic heterocycles. The first-order chi connectivity index (χ1) is 10.3. The molecule has 1 aliphatic rings. The fourth-order valence-electron chi connectivity index (χ4n) is 1.96. The molecular weight excluding hydrogens is 319 g/mol. The van der Waals surface area contributed by atoms with Gasteiger partial charge in [-0.2, -0.15) is 4.57 Å². The van der Waals surface area contributed by atoms with Crippen LogP contribution in [0, 0.1) is 0 Å². The molecule has 0 saturated carbocycles. The Bertz CT molecular complexity index is 712. The monoisotopic (exact) mass is 336 g/mol. The van der Waals surface area contributed by atoms with Gasteiger partial charge in [0.1, 0.15) is 5.75 Å². The maximum absolute atomic E-state index is 12.6. The topological polar surface area (TPSA) is 54.0 Å². The molecule has 5 nitrogen and oxygen atoms in total. The van der Waals surface area contributed by atoms with E-state index in [1.54, 1.807) is 42.5 Å². The van der Waals surface area contributed by atoms with Gasteiger partial charge in [-0.1, -0.05) is 24.3 Å². The molecule has 0 spiro atoms. The van der Waals surface area contributed by atoms with Crippen LogP contribution in [-0.2, 0) is 4.57 Å². The Morgan fingerprint density at radius 1 is 0.864 bits per heavy atom. The summed E-state index contributed by atoms with van der Waals surface area (Å²) < 4.78 is 34.8. The molecule has 3 rings (SSSR count). The van der Waals surface area contributed by atoms with Crippen molar-refractivity contribution in [3.05, 3.63) is 48.5 Å². The van der Waals surface area contributed by atoms with E-state index in [2.05, 4.69) is 19.6 Å². The van der Waals surface area contributed by atoms with Crippen LogP contribution in [0.5, 0.6) is 23.0 Å². The first kappa shape index (κ1) is 15.0. The summed E-state index contributed by atoms with van der Waals surface area (Å²) in [5, 5.41) is 0. The number of phosphoric acid groups is 1. The zero-order chi connectivity index (χ0) is 15.8. The van der Waals surface area contributed by atoms with Crippen molar-refractivity contribution >= 4 is 16.1 Å². The molecule has 0 atom stereocenters. The standard InChI is InChI=1S/C15H17O5PSi/c1-22(2,3)20-15-11-7-6-10-14(15)19-21(16)17-12-8-4-5-9-13(12)18-21/h4-11H,1-3H3. The van der Waals surface area contributed by atoms with Crippen molar-refractivity contribution in [2.75, 3.05) is 0 Å². The summed E-state index contributed by atoms with van der Waals surface area (Å²) in [7, 11) is -5.56. The number of rotatable bonds is 4. The highest BCUT2D eigenvalue weighted by molar-refractivity contribution is 7.50. The Morgan fingerprint density at radius 2 is 1.36 bits per heavy atom. The Balaban J connectivity index is 1.84. The van der Waals surface area contributed by atoms with Gasteiger partial charge in [-0.05, 0) is 43.9 Å². The Morgan fingerprint density at radius 3 is 1.91 bits per heavy atom. The summed E-state index contributed by atoms with van der Waals surface area (Å²) in [6.45, 7) is 6.18. The van der Waals surface area contributed by atoms with Crippen LogP contribution in [0.1, 0.15) is 0 Å². The van der Waals surface area contributed by atoms with Crippen LogP contribution in [0.25, 0.3) is 0 Å². The minimum atomic E-state index is -3.73. The van der Waals surface area contributed by atoms with E-state index in [9.17, 15) is 4.57 Å². The van der Waals surface area contributed by atoms with Crippen LogP contribution >= 0.6 is 7.82 Å². The molecule has 7 heteroatoms. The largest absolute Gasteiger partial charge is 0.647 e. The SMILES string of the molecule is C[Si](C)(C)Oc1ccccc1OP1(=O)Oc2ccccc2O1. The molecule has 0 unspecified atom stereocenters. The molecule has 0 aliphatic carbocycles. The maximum Gasteiger partial charge on any atom is 0.647 e. The molecule has 1 aliphatic heterocycles. The van der Waals surface area contributed by atoms with Crippen molar-refractivity contribution in [3.63, 3.8) is 0 Å². The second kappa shape index (κ2) is 5.37. The molecular formula is C15H17O5PSi. The minimum absolute atomic E-state index is 0.348. The second-order valence-electron chi connectivity index (χ2n) is 5.83. The van der Waals surface area contributed by atoms with E-state index < -0.39 is 16.1 Å². The van der Waals surface area contributed by atoms with Gasteiger partial charge in [-0.15, -0.1) is 0 Å². The molecule has 22 heavy (non-hydrogen) atoms. The average molecular weight is 336 g/mol. The third-order valence-corrected chi connectivity index (χ3v) is 4.84. The van der Waals surface area contributed by atoms with Crippen LogP contribution in [0.2, 0.25) is 19.6 Å². The predicted molar refractivity (Wildman–Crippen MR) is 86.3 cm³/mol.